The molecule has 3 nitrogen and oxygen atoms in total. The lowest BCUT2D eigenvalue weighted by Gasteiger charge is -2.08. The van der Waals surface area contributed by atoms with E-state index in [-0.39, 0.29) is 16.2 Å². The van der Waals surface area contributed by atoms with E-state index in [9.17, 15) is 9.18 Å². The summed E-state index contributed by atoms with van der Waals surface area (Å²) >= 11 is 9.10. The molecule has 0 spiro atoms. The van der Waals surface area contributed by atoms with Crippen molar-refractivity contribution in [2.75, 3.05) is 7.11 Å². The third-order valence-corrected chi connectivity index (χ3v) is 3.74. The van der Waals surface area contributed by atoms with Gasteiger partial charge < -0.3 is 4.74 Å². The van der Waals surface area contributed by atoms with Crippen molar-refractivity contribution in [3.8, 4) is 0 Å². The number of carbonyl (C=O) groups excluding carboxylic acids is 1. The number of carbonyl (C=O) groups is 1. The van der Waals surface area contributed by atoms with Crippen LogP contribution in [0.4, 0.5) is 4.39 Å². The highest BCUT2D eigenvalue weighted by Gasteiger charge is 2.17. The number of aromatic nitrogens is 1. The van der Waals surface area contributed by atoms with Gasteiger partial charge in [-0.3, -0.25) is 0 Å². The molecule has 1 aromatic carbocycles. The van der Waals surface area contributed by atoms with E-state index in [0.717, 1.165) is 5.56 Å². The first kappa shape index (κ1) is 13.2. The van der Waals surface area contributed by atoms with Gasteiger partial charge in [-0.15, -0.1) is 0 Å². The molecule has 0 radical (unpaired) electrons. The molecule has 0 amide bonds. The zero-order valence-corrected chi connectivity index (χ0v) is 11.9. The van der Waals surface area contributed by atoms with Crippen LogP contribution in [0.1, 0.15) is 15.9 Å². The first-order chi connectivity index (χ1) is 8.45. The molecular weight excluding hydrogens is 324 g/mol. The monoisotopic (exact) mass is 331 g/mol. The summed E-state index contributed by atoms with van der Waals surface area (Å²) < 4.78 is 19.0. The molecule has 0 saturated heterocycles. The van der Waals surface area contributed by atoms with Gasteiger partial charge in [-0.1, -0.05) is 27.5 Å². The minimum atomic E-state index is -0.603. The van der Waals surface area contributed by atoms with E-state index < -0.39 is 11.8 Å². The third-order valence-electron chi connectivity index (χ3n) is 2.62. The fourth-order valence-corrected chi connectivity index (χ4v) is 2.26. The first-order valence-corrected chi connectivity index (χ1v) is 6.16. The van der Waals surface area contributed by atoms with Gasteiger partial charge in [0.05, 0.1) is 12.7 Å². The van der Waals surface area contributed by atoms with Gasteiger partial charge in [0.2, 0.25) is 0 Å². The molecule has 2 aromatic rings. The molecule has 1 aromatic heterocycles. The smallest absolute Gasteiger partial charge is 0.341 e. The van der Waals surface area contributed by atoms with Crippen LogP contribution >= 0.6 is 27.5 Å². The molecule has 6 heteroatoms. The maximum Gasteiger partial charge on any atom is 0.341 e. The average Bonchev–Trinajstić information content (AvgIpc) is 2.35. The van der Waals surface area contributed by atoms with Crippen LogP contribution in [-0.2, 0) is 4.74 Å². The number of nitrogens with zero attached hydrogens (tertiary/aromatic N) is 1. The Hall–Kier alpha value is -1.20. The summed E-state index contributed by atoms with van der Waals surface area (Å²) in [5.41, 5.74) is 1.03. The van der Waals surface area contributed by atoms with E-state index in [0.29, 0.717) is 9.86 Å². The maximum atomic E-state index is 13.8. The quantitative estimate of drug-likeness (QED) is 0.587. The van der Waals surface area contributed by atoms with Gasteiger partial charge in [-0.25, -0.2) is 14.2 Å². The molecule has 0 aliphatic carbocycles. The van der Waals surface area contributed by atoms with E-state index in [4.69, 9.17) is 11.6 Å². The van der Waals surface area contributed by atoms with Gasteiger partial charge in [0.15, 0.2) is 5.82 Å². The van der Waals surface area contributed by atoms with Crippen molar-refractivity contribution in [2.24, 2.45) is 0 Å². The Labute approximate surface area is 116 Å². The predicted molar refractivity (Wildman–Crippen MR) is 70.5 cm³/mol. The molecule has 0 atom stereocenters. The Morgan fingerprint density at radius 2 is 2.17 bits per heavy atom. The molecule has 0 aliphatic heterocycles. The van der Waals surface area contributed by atoms with E-state index in [2.05, 4.69) is 25.7 Å². The van der Waals surface area contributed by atoms with Gasteiger partial charge in [-0.2, -0.15) is 0 Å². The number of esters is 1. The highest BCUT2D eigenvalue weighted by atomic mass is 79.9. The summed E-state index contributed by atoms with van der Waals surface area (Å²) in [5.74, 6) is -1.10. The molecule has 0 bridgehead atoms. The number of benzene rings is 1. The van der Waals surface area contributed by atoms with Crippen LogP contribution in [0.2, 0.25) is 5.15 Å². The topological polar surface area (TPSA) is 39.2 Å². The highest BCUT2D eigenvalue weighted by molar-refractivity contribution is 9.10. The summed E-state index contributed by atoms with van der Waals surface area (Å²) in [4.78, 5) is 15.4. The summed E-state index contributed by atoms with van der Waals surface area (Å²) in [5, 5.41) is 0.446. The summed E-state index contributed by atoms with van der Waals surface area (Å²) in [6.45, 7) is 1.79. The zero-order chi connectivity index (χ0) is 13.4. The van der Waals surface area contributed by atoms with Crippen molar-refractivity contribution in [1.29, 1.82) is 0 Å². The standard InChI is InChI=1S/C12H8BrClFNO2/c1-5-6-3-7(12(17)18-2)11(14)16-10(6)9(15)4-8(5)13/h3-4H,1-2H3. The molecule has 0 fully saturated rings. The van der Waals surface area contributed by atoms with Crippen LogP contribution < -0.4 is 0 Å². The summed E-state index contributed by atoms with van der Waals surface area (Å²) in [6.07, 6.45) is 0. The van der Waals surface area contributed by atoms with Crippen molar-refractivity contribution in [2.45, 2.75) is 6.92 Å². The number of methoxy groups -OCH3 is 1. The highest BCUT2D eigenvalue weighted by Crippen LogP contribution is 2.30. The lowest BCUT2D eigenvalue weighted by atomic mass is 10.1. The summed E-state index contributed by atoms with van der Waals surface area (Å²) in [6, 6.07) is 2.80. The first-order valence-electron chi connectivity index (χ1n) is 4.99. The normalized spacial score (nSPS) is 10.7. The minimum Gasteiger partial charge on any atom is -0.465 e. The van der Waals surface area contributed by atoms with Gasteiger partial charge in [0, 0.05) is 9.86 Å². The van der Waals surface area contributed by atoms with Crippen LogP contribution in [0, 0.1) is 12.7 Å². The van der Waals surface area contributed by atoms with Gasteiger partial charge >= 0.3 is 5.97 Å². The number of pyridine rings is 1. The molecule has 0 N–H and O–H groups in total. The van der Waals surface area contributed by atoms with Crippen molar-refractivity contribution in [3.05, 3.63) is 38.7 Å². The van der Waals surface area contributed by atoms with Crippen molar-refractivity contribution in [3.63, 3.8) is 0 Å². The SMILES string of the molecule is COC(=O)c1cc2c(C)c(Br)cc(F)c2nc1Cl. The second-order valence-corrected chi connectivity index (χ2v) is 4.89. The molecule has 1 heterocycles. The Kier molecular flexibility index (Phi) is 3.54. The molecule has 0 saturated carbocycles. The van der Waals surface area contributed by atoms with E-state index in [1.165, 1.54) is 19.2 Å². The zero-order valence-electron chi connectivity index (χ0n) is 9.55. The second-order valence-electron chi connectivity index (χ2n) is 3.68. The van der Waals surface area contributed by atoms with Crippen LogP contribution in [0.25, 0.3) is 10.9 Å². The molecular formula is C12H8BrClFNO2. The Balaban J connectivity index is 2.85. The van der Waals surface area contributed by atoms with Crippen LogP contribution in [0.15, 0.2) is 16.6 Å². The number of hydrogen-bond acceptors (Lipinski definition) is 3. The van der Waals surface area contributed by atoms with Crippen LogP contribution in [0.3, 0.4) is 0 Å². The van der Waals surface area contributed by atoms with Gasteiger partial charge in [0.1, 0.15) is 10.7 Å². The van der Waals surface area contributed by atoms with Crippen molar-refractivity contribution in [1.82, 2.24) is 4.98 Å². The predicted octanol–water partition coefficient (Wildman–Crippen LogP) is 3.88. The number of halogens is 3. The summed E-state index contributed by atoms with van der Waals surface area (Å²) in [7, 11) is 1.25. The molecule has 0 unspecified atom stereocenters. The Morgan fingerprint density at radius 3 is 2.78 bits per heavy atom. The number of fused-ring (bicyclic) bond motifs is 1. The minimum absolute atomic E-state index is 0.0741. The lowest BCUT2D eigenvalue weighted by Crippen LogP contribution is -2.04. The fourth-order valence-electron chi connectivity index (χ4n) is 1.63. The van der Waals surface area contributed by atoms with Crippen LogP contribution in [-0.4, -0.2) is 18.1 Å². The van der Waals surface area contributed by atoms with Gasteiger partial charge in [-0.05, 0) is 24.6 Å². The number of hydrogen-bond donors (Lipinski definition) is 0. The molecule has 2 rings (SSSR count). The maximum absolute atomic E-state index is 13.8. The Morgan fingerprint density at radius 1 is 1.50 bits per heavy atom. The average molecular weight is 333 g/mol. The third kappa shape index (κ3) is 2.08. The largest absolute Gasteiger partial charge is 0.465 e. The molecule has 0 aliphatic rings. The molecule has 18 heavy (non-hydrogen) atoms. The fraction of sp³-hybridized carbons (Fsp3) is 0.167. The van der Waals surface area contributed by atoms with Crippen molar-refractivity contribution < 1.29 is 13.9 Å². The van der Waals surface area contributed by atoms with Crippen molar-refractivity contribution >= 4 is 44.4 Å². The van der Waals surface area contributed by atoms with E-state index in [1.54, 1.807) is 6.92 Å². The van der Waals surface area contributed by atoms with Gasteiger partial charge in [0.25, 0.3) is 0 Å². The lowest BCUT2D eigenvalue weighted by molar-refractivity contribution is 0.0600. The number of aryl methyl sites for hydroxylation is 1. The number of ether oxygens (including phenoxy) is 1. The van der Waals surface area contributed by atoms with E-state index >= 15 is 0 Å². The van der Waals surface area contributed by atoms with E-state index in [1.807, 2.05) is 0 Å². The number of rotatable bonds is 1. The molecule has 94 valence electrons. The van der Waals surface area contributed by atoms with Crippen LogP contribution in [0.5, 0.6) is 0 Å². The second kappa shape index (κ2) is 4.82. The Bertz CT molecular complexity index is 660.